The van der Waals surface area contributed by atoms with E-state index in [2.05, 4.69) is 15.6 Å². The molecule has 1 unspecified atom stereocenters. The molecule has 26 heavy (non-hydrogen) atoms. The van der Waals surface area contributed by atoms with Crippen molar-refractivity contribution >= 4 is 11.8 Å². The molecule has 7 heteroatoms. The lowest BCUT2D eigenvalue weighted by Crippen LogP contribution is -2.49. The van der Waals surface area contributed by atoms with Gasteiger partial charge < -0.3 is 15.5 Å². The third-order valence-corrected chi connectivity index (χ3v) is 4.36. The predicted molar refractivity (Wildman–Crippen MR) is 94.9 cm³/mol. The van der Waals surface area contributed by atoms with Crippen molar-refractivity contribution in [2.75, 3.05) is 26.2 Å². The number of hydrogen-bond donors (Lipinski definition) is 2. The highest BCUT2D eigenvalue weighted by Crippen LogP contribution is 2.22. The molecule has 2 aromatic rings. The second kappa shape index (κ2) is 8.53. The number of carbonyl (C=O) groups is 2. The van der Waals surface area contributed by atoms with E-state index >= 15 is 0 Å². The van der Waals surface area contributed by atoms with E-state index in [-0.39, 0.29) is 30.8 Å². The van der Waals surface area contributed by atoms with Gasteiger partial charge in [0.2, 0.25) is 5.91 Å². The second-order valence-corrected chi connectivity index (χ2v) is 6.11. The molecule has 3 rings (SSSR count). The minimum absolute atomic E-state index is 0.0141. The lowest BCUT2D eigenvalue weighted by atomic mass is 10.0. The lowest BCUT2D eigenvalue weighted by molar-refractivity contribution is -0.134. The standard InChI is InChI=1S/C19H21FN4O2/c20-16-5-3-14(4-6-16)19(26)23-9-7-18(25)24-11-10-22-13-17(24)15-2-1-8-21-12-15/h1-6,8,12,17,22H,7,9-11,13H2,(H,23,26). The van der Waals surface area contributed by atoms with Crippen molar-refractivity contribution in [2.24, 2.45) is 0 Å². The Bertz CT molecular complexity index is 752. The zero-order valence-corrected chi connectivity index (χ0v) is 14.3. The maximum absolute atomic E-state index is 12.9. The average Bonchev–Trinajstić information content (AvgIpc) is 2.69. The highest BCUT2D eigenvalue weighted by molar-refractivity contribution is 5.94. The Balaban J connectivity index is 1.55. The maximum Gasteiger partial charge on any atom is 0.251 e. The topological polar surface area (TPSA) is 74.3 Å². The summed E-state index contributed by atoms with van der Waals surface area (Å²) in [7, 11) is 0. The summed E-state index contributed by atoms with van der Waals surface area (Å²) in [6, 6.07) is 9.07. The normalized spacial score (nSPS) is 17.0. The van der Waals surface area contributed by atoms with Crippen LogP contribution in [0.5, 0.6) is 0 Å². The van der Waals surface area contributed by atoms with E-state index in [1.165, 1.54) is 24.3 Å². The zero-order chi connectivity index (χ0) is 18.4. The molecule has 136 valence electrons. The number of amides is 2. The summed E-state index contributed by atoms with van der Waals surface area (Å²) in [5.41, 5.74) is 1.36. The van der Waals surface area contributed by atoms with Crippen molar-refractivity contribution in [1.82, 2.24) is 20.5 Å². The van der Waals surface area contributed by atoms with E-state index in [4.69, 9.17) is 0 Å². The number of nitrogens with zero attached hydrogens (tertiary/aromatic N) is 2. The first-order chi connectivity index (χ1) is 12.6. The Labute approximate surface area is 151 Å². The molecule has 0 radical (unpaired) electrons. The number of piperazine rings is 1. The Hall–Kier alpha value is -2.80. The molecule has 1 aliphatic rings. The first-order valence-corrected chi connectivity index (χ1v) is 8.59. The van der Waals surface area contributed by atoms with Gasteiger partial charge in [-0.25, -0.2) is 4.39 Å². The molecule has 1 aromatic carbocycles. The molecule has 2 amide bonds. The van der Waals surface area contributed by atoms with Crippen LogP contribution in [0, 0.1) is 5.82 Å². The van der Waals surface area contributed by atoms with Crippen molar-refractivity contribution in [1.29, 1.82) is 0 Å². The van der Waals surface area contributed by atoms with Crippen LogP contribution in [-0.4, -0.2) is 47.9 Å². The molecule has 0 aliphatic carbocycles. The highest BCUT2D eigenvalue weighted by atomic mass is 19.1. The van der Waals surface area contributed by atoms with Crippen LogP contribution in [0.3, 0.4) is 0 Å². The van der Waals surface area contributed by atoms with E-state index in [1.807, 2.05) is 17.0 Å². The minimum atomic E-state index is -0.392. The molecule has 1 aliphatic heterocycles. The largest absolute Gasteiger partial charge is 0.352 e. The van der Waals surface area contributed by atoms with Crippen molar-refractivity contribution < 1.29 is 14.0 Å². The molecule has 1 atom stereocenters. The molecule has 0 bridgehead atoms. The van der Waals surface area contributed by atoms with Gasteiger partial charge in [-0.2, -0.15) is 0 Å². The number of rotatable bonds is 5. The van der Waals surface area contributed by atoms with Crippen molar-refractivity contribution in [3.63, 3.8) is 0 Å². The van der Waals surface area contributed by atoms with E-state index in [0.29, 0.717) is 18.7 Å². The first kappa shape index (κ1) is 18.0. The monoisotopic (exact) mass is 356 g/mol. The fourth-order valence-electron chi connectivity index (χ4n) is 3.00. The number of pyridine rings is 1. The van der Waals surface area contributed by atoms with Crippen LogP contribution >= 0.6 is 0 Å². The quantitative estimate of drug-likeness (QED) is 0.852. The van der Waals surface area contributed by atoms with Gasteiger partial charge in [0.25, 0.3) is 5.91 Å². The molecule has 1 aromatic heterocycles. The highest BCUT2D eigenvalue weighted by Gasteiger charge is 2.27. The molecular formula is C19H21FN4O2. The molecule has 0 spiro atoms. The summed E-state index contributed by atoms with van der Waals surface area (Å²) in [6.45, 7) is 2.27. The van der Waals surface area contributed by atoms with Crippen LogP contribution < -0.4 is 10.6 Å². The average molecular weight is 356 g/mol. The van der Waals surface area contributed by atoms with Crippen molar-refractivity contribution in [2.45, 2.75) is 12.5 Å². The third kappa shape index (κ3) is 4.43. The number of carbonyl (C=O) groups excluding carboxylic acids is 2. The summed E-state index contributed by atoms with van der Waals surface area (Å²) in [5.74, 6) is -0.724. The zero-order valence-electron chi connectivity index (χ0n) is 14.3. The van der Waals surface area contributed by atoms with Gasteiger partial charge >= 0.3 is 0 Å². The number of aromatic nitrogens is 1. The van der Waals surface area contributed by atoms with Crippen LogP contribution in [0.1, 0.15) is 28.4 Å². The fourth-order valence-corrected chi connectivity index (χ4v) is 3.00. The van der Waals surface area contributed by atoms with Crippen LogP contribution in [0.2, 0.25) is 0 Å². The van der Waals surface area contributed by atoms with Gasteiger partial charge in [0.1, 0.15) is 5.82 Å². The molecule has 2 N–H and O–H groups in total. The van der Waals surface area contributed by atoms with Gasteiger partial charge in [-0.05, 0) is 35.9 Å². The van der Waals surface area contributed by atoms with Gasteiger partial charge in [0, 0.05) is 50.6 Å². The van der Waals surface area contributed by atoms with E-state index in [0.717, 1.165) is 12.1 Å². The number of benzene rings is 1. The van der Waals surface area contributed by atoms with Crippen LogP contribution in [-0.2, 0) is 4.79 Å². The molecule has 1 fully saturated rings. The molecule has 0 saturated carbocycles. The Morgan fingerprint density at radius 2 is 2.08 bits per heavy atom. The minimum Gasteiger partial charge on any atom is -0.352 e. The third-order valence-electron chi connectivity index (χ3n) is 4.36. The van der Waals surface area contributed by atoms with E-state index < -0.39 is 5.82 Å². The van der Waals surface area contributed by atoms with Crippen LogP contribution in [0.25, 0.3) is 0 Å². The summed E-state index contributed by atoms with van der Waals surface area (Å²) in [5, 5.41) is 6.00. The Kier molecular flexibility index (Phi) is 5.91. The predicted octanol–water partition coefficient (Wildman–Crippen LogP) is 1.51. The first-order valence-electron chi connectivity index (χ1n) is 8.59. The number of nitrogens with one attached hydrogen (secondary N) is 2. The summed E-state index contributed by atoms with van der Waals surface area (Å²) >= 11 is 0. The van der Waals surface area contributed by atoms with Gasteiger partial charge in [-0.15, -0.1) is 0 Å². The molecule has 6 nitrogen and oxygen atoms in total. The van der Waals surface area contributed by atoms with Crippen molar-refractivity contribution in [3.05, 3.63) is 65.7 Å². The van der Waals surface area contributed by atoms with Gasteiger partial charge in [-0.1, -0.05) is 6.07 Å². The van der Waals surface area contributed by atoms with E-state index in [9.17, 15) is 14.0 Å². The second-order valence-electron chi connectivity index (χ2n) is 6.11. The Morgan fingerprint density at radius 3 is 2.81 bits per heavy atom. The SMILES string of the molecule is O=C(NCCC(=O)N1CCNCC1c1cccnc1)c1ccc(F)cc1. The smallest absolute Gasteiger partial charge is 0.251 e. The molecule has 2 heterocycles. The van der Waals surface area contributed by atoms with E-state index in [1.54, 1.807) is 12.4 Å². The lowest BCUT2D eigenvalue weighted by Gasteiger charge is -2.36. The van der Waals surface area contributed by atoms with Crippen molar-refractivity contribution in [3.8, 4) is 0 Å². The van der Waals surface area contributed by atoms with Crippen LogP contribution in [0.4, 0.5) is 4.39 Å². The number of halogens is 1. The summed E-state index contributed by atoms with van der Waals surface area (Å²) in [6.07, 6.45) is 3.69. The maximum atomic E-state index is 12.9. The van der Waals surface area contributed by atoms with Gasteiger partial charge in [-0.3, -0.25) is 14.6 Å². The summed E-state index contributed by atoms with van der Waals surface area (Å²) < 4.78 is 12.9. The fraction of sp³-hybridized carbons (Fsp3) is 0.316. The number of hydrogen-bond acceptors (Lipinski definition) is 4. The Morgan fingerprint density at radius 1 is 1.27 bits per heavy atom. The van der Waals surface area contributed by atoms with Crippen LogP contribution in [0.15, 0.2) is 48.8 Å². The molecule has 1 saturated heterocycles. The van der Waals surface area contributed by atoms with Gasteiger partial charge in [0.05, 0.1) is 6.04 Å². The van der Waals surface area contributed by atoms with Gasteiger partial charge in [0.15, 0.2) is 0 Å². The summed E-state index contributed by atoms with van der Waals surface area (Å²) in [4.78, 5) is 30.6. The molecular weight excluding hydrogens is 335 g/mol.